The molecule has 2 rings (SSSR count). The monoisotopic (exact) mass is 291 g/mol. The lowest BCUT2D eigenvalue weighted by atomic mass is 10.2. The zero-order chi connectivity index (χ0) is 14.0. The van der Waals surface area contributed by atoms with Crippen molar-refractivity contribution >= 4 is 17.3 Å². The van der Waals surface area contributed by atoms with Crippen LogP contribution < -0.4 is 5.73 Å². The summed E-state index contributed by atoms with van der Waals surface area (Å²) in [5.41, 5.74) is 6.37. The Morgan fingerprint density at radius 3 is 2.74 bits per heavy atom. The predicted octanol–water partition coefficient (Wildman–Crippen LogP) is 3.47. The Balaban J connectivity index is 2.19. The van der Waals surface area contributed by atoms with E-state index in [2.05, 4.69) is 10.1 Å². The molecule has 8 heteroatoms. The van der Waals surface area contributed by atoms with Gasteiger partial charge in [0.15, 0.2) is 5.82 Å². The third kappa shape index (κ3) is 3.37. The van der Waals surface area contributed by atoms with Crippen LogP contribution in [-0.4, -0.2) is 16.3 Å². The van der Waals surface area contributed by atoms with E-state index in [4.69, 9.17) is 21.9 Å². The van der Waals surface area contributed by atoms with Crippen LogP contribution in [0, 0.1) is 0 Å². The Bertz CT molecular complexity index is 583. The Kier molecular flexibility index (Phi) is 3.66. The fourth-order valence-corrected chi connectivity index (χ4v) is 1.62. The summed E-state index contributed by atoms with van der Waals surface area (Å²) in [6.07, 6.45) is -5.60. The summed E-state index contributed by atoms with van der Waals surface area (Å²) in [5, 5.41) is 3.79. The number of anilines is 1. The summed E-state index contributed by atoms with van der Waals surface area (Å²) >= 11 is 5.83. The highest BCUT2D eigenvalue weighted by molar-refractivity contribution is 6.33. The molecule has 2 aromatic rings. The van der Waals surface area contributed by atoms with Crippen molar-refractivity contribution in [2.24, 2.45) is 0 Å². The molecule has 1 aromatic carbocycles. The van der Waals surface area contributed by atoms with E-state index in [1.54, 1.807) is 18.2 Å². The summed E-state index contributed by atoms with van der Waals surface area (Å²) in [4.78, 5) is 3.87. The van der Waals surface area contributed by atoms with Crippen molar-refractivity contribution in [2.75, 3.05) is 5.73 Å². The molecule has 0 aliphatic rings. The van der Waals surface area contributed by atoms with Gasteiger partial charge in [-0.15, -0.1) is 0 Å². The van der Waals surface area contributed by atoms with Gasteiger partial charge in [-0.2, -0.15) is 18.2 Å². The number of nitrogen functional groups attached to an aromatic ring is 1. The van der Waals surface area contributed by atoms with Gasteiger partial charge in [0, 0.05) is 6.42 Å². The lowest BCUT2D eigenvalue weighted by Crippen LogP contribution is -2.09. The maximum Gasteiger partial charge on any atom is 0.389 e. The molecule has 0 bridgehead atoms. The molecule has 0 aliphatic heterocycles. The SMILES string of the molecule is Nc1c(Cl)cccc1-c1nc(CCC(F)(F)F)no1. The fraction of sp³-hybridized carbons (Fsp3) is 0.273. The Labute approximate surface area is 111 Å². The molecule has 0 saturated heterocycles. The second-order valence-corrected chi connectivity index (χ2v) is 4.24. The van der Waals surface area contributed by atoms with Gasteiger partial charge in [0.25, 0.3) is 5.89 Å². The van der Waals surface area contributed by atoms with Crippen LogP contribution in [0.25, 0.3) is 11.5 Å². The number of aromatic nitrogens is 2. The molecule has 19 heavy (non-hydrogen) atoms. The number of nitrogens with two attached hydrogens (primary N) is 1. The molecular formula is C11H9ClF3N3O. The number of aryl methyl sites for hydroxylation is 1. The quantitative estimate of drug-likeness (QED) is 0.880. The van der Waals surface area contributed by atoms with E-state index in [9.17, 15) is 13.2 Å². The number of hydrogen-bond acceptors (Lipinski definition) is 4. The topological polar surface area (TPSA) is 64.9 Å². The largest absolute Gasteiger partial charge is 0.397 e. The minimum Gasteiger partial charge on any atom is -0.397 e. The second kappa shape index (κ2) is 5.08. The van der Waals surface area contributed by atoms with Gasteiger partial charge >= 0.3 is 6.18 Å². The molecule has 1 heterocycles. The summed E-state index contributed by atoms with van der Waals surface area (Å²) < 4.78 is 41.1. The zero-order valence-corrected chi connectivity index (χ0v) is 10.3. The van der Waals surface area contributed by atoms with Gasteiger partial charge in [0.05, 0.1) is 22.7 Å². The van der Waals surface area contributed by atoms with Gasteiger partial charge in [-0.1, -0.05) is 22.8 Å². The summed E-state index contributed by atoms with van der Waals surface area (Å²) in [6.45, 7) is 0. The molecule has 0 saturated carbocycles. The van der Waals surface area contributed by atoms with Crippen LogP contribution in [0.4, 0.5) is 18.9 Å². The first-order valence-electron chi connectivity index (χ1n) is 5.30. The van der Waals surface area contributed by atoms with Crippen LogP contribution >= 0.6 is 11.6 Å². The van der Waals surface area contributed by atoms with Crippen molar-refractivity contribution in [3.63, 3.8) is 0 Å². The van der Waals surface area contributed by atoms with E-state index in [-0.39, 0.29) is 23.8 Å². The summed E-state index contributed by atoms with van der Waals surface area (Å²) in [5.74, 6) is 0.0314. The molecule has 0 radical (unpaired) electrons. The van der Waals surface area contributed by atoms with Gasteiger partial charge < -0.3 is 10.3 Å². The van der Waals surface area contributed by atoms with Crippen LogP contribution in [0.15, 0.2) is 22.7 Å². The minimum absolute atomic E-state index is 0.0216. The van der Waals surface area contributed by atoms with Gasteiger partial charge in [0.2, 0.25) is 0 Å². The van der Waals surface area contributed by atoms with E-state index in [1.165, 1.54) is 0 Å². The molecule has 2 N–H and O–H groups in total. The van der Waals surface area contributed by atoms with E-state index in [0.29, 0.717) is 10.6 Å². The average Bonchev–Trinajstić information content (AvgIpc) is 2.78. The van der Waals surface area contributed by atoms with E-state index >= 15 is 0 Å². The van der Waals surface area contributed by atoms with Crippen molar-refractivity contribution in [1.29, 1.82) is 0 Å². The number of para-hydroxylation sites is 1. The smallest absolute Gasteiger partial charge is 0.389 e. The second-order valence-electron chi connectivity index (χ2n) is 3.83. The van der Waals surface area contributed by atoms with Crippen molar-refractivity contribution in [3.8, 4) is 11.5 Å². The average molecular weight is 292 g/mol. The molecule has 0 aliphatic carbocycles. The molecule has 4 nitrogen and oxygen atoms in total. The zero-order valence-electron chi connectivity index (χ0n) is 9.54. The first-order valence-corrected chi connectivity index (χ1v) is 5.68. The summed E-state index contributed by atoms with van der Waals surface area (Å²) in [7, 11) is 0. The molecule has 102 valence electrons. The molecule has 1 aromatic heterocycles. The molecule has 0 amide bonds. The van der Waals surface area contributed by atoms with Crippen molar-refractivity contribution < 1.29 is 17.7 Å². The Hall–Kier alpha value is -1.76. The van der Waals surface area contributed by atoms with E-state index in [0.717, 1.165) is 0 Å². The standard InChI is InChI=1S/C11H9ClF3N3O/c12-7-3-1-2-6(9(7)16)10-17-8(18-19-10)4-5-11(13,14)15/h1-3H,4-5,16H2. The lowest BCUT2D eigenvalue weighted by molar-refractivity contribution is -0.134. The molecular weight excluding hydrogens is 283 g/mol. The number of nitrogens with zero attached hydrogens (tertiary/aromatic N) is 2. The Morgan fingerprint density at radius 2 is 2.05 bits per heavy atom. The first kappa shape index (κ1) is 13.7. The van der Waals surface area contributed by atoms with E-state index < -0.39 is 12.6 Å². The highest BCUT2D eigenvalue weighted by Gasteiger charge is 2.27. The predicted molar refractivity (Wildman–Crippen MR) is 63.5 cm³/mol. The highest BCUT2D eigenvalue weighted by atomic mass is 35.5. The van der Waals surface area contributed by atoms with Crippen molar-refractivity contribution in [1.82, 2.24) is 10.1 Å². The maximum absolute atomic E-state index is 12.1. The molecule has 0 fully saturated rings. The van der Waals surface area contributed by atoms with Gasteiger partial charge in [-0.3, -0.25) is 0 Å². The third-order valence-electron chi connectivity index (χ3n) is 2.38. The molecule has 0 unspecified atom stereocenters. The molecule has 0 atom stereocenters. The van der Waals surface area contributed by atoms with Gasteiger partial charge in [-0.25, -0.2) is 0 Å². The van der Waals surface area contributed by atoms with Crippen molar-refractivity contribution in [3.05, 3.63) is 29.0 Å². The van der Waals surface area contributed by atoms with E-state index in [1.807, 2.05) is 0 Å². The highest BCUT2D eigenvalue weighted by Crippen LogP contribution is 2.30. The first-order chi connectivity index (χ1) is 8.87. The van der Waals surface area contributed by atoms with Crippen LogP contribution in [-0.2, 0) is 6.42 Å². The van der Waals surface area contributed by atoms with Crippen LogP contribution in [0.5, 0.6) is 0 Å². The lowest BCUT2D eigenvalue weighted by Gasteiger charge is -2.02. The number of halogens is 4. The maximum atomic E-state index is 12.1. The summed E-state index contributed by atoms with van der Waals surface area (Å²) in [6, 6.07) is 4.82. The van der Waals surface area contributed by atoms with Crippen LogP contribution in [0.3, 0.4) is 0 Å². The number of rotatable bonds is 3. The van der Waals surface area contributed by atoms with Gasteiger partial charge in [0.1, 0.15) is 0 Å². The van der Waals surface area contributed by atoms with Crippen molar-refractivity contribution in [2.45, 2.75) is 19.0 Å². The Morgan fingerprint density at radius 1 is 1.32 bits per heavy atom. The fourth-order valence-electron chi connectivity index (χ4n) is 1.44. The normalized spacial score (nSPS) is 11.8. The number of alkyl halides is 3. The van der Waals surface area contributed by atoms with Gasteiger partial charge in [-0.05, 0) is 12.1 Å². The van der Waals surface area contributed by atoms with Crippen LogP contribution in [0.2, 0.25) is 5.02 Å². The third-order valence-corrected chi connectivity index (χ3v) is 2.71. The molecule has 0 spiro atoms. The van der Waals surface area contributed by atoms with Crippen LogP contribution in [0.1, 0.15) is 12.2 Å². The number of hydrogen-bond donors (Lipinski definition) is 1. The number of benzene rings is 1. The minimum atomic E-state index is -4.25.